The van der Waals surface area contributed by atoms with Gasteiger partial charge in [-0.15, -0.1) is 0 Å². The van der Waals surface area contributed by atoms with Crippen LogP contribution in [-0.2, 0) is 17.6 Å². The molecule has 0 amide bonds. The molecule has 0 fully saturated rings. The van der Waals surface area contributed by atoms with Crippen molar-refractivity contribution < 1.29 is 9.53 Å². The number of hydrogen-bond donors (Lipinski definition) is 2. The predicted octanol–water partition coefficient (Wildman–Crippen LogP) is 3.80. The van der Waals surface area contributed by atoms with E-state index in [2.05, 4.69) is 15.3 Å². The van der Waals surface area contributed by atoms with E-state index in [1.54, 1.807) is 0 Å². The first-order chi connectivity index (χ1) is 12.7. The summed E-state index contributed by atoms with van der Waals surface area (Å²) in [4.78, 5) is 24.6. The van der Waals surface area contributed by atoms with Gasteiger partial charge >= 0.3 is 5.97 Å². The minimum absolute atomic E-state index is 0.308. The van der Waals surface area contributed by atoms with Crippen molar-refractivity contribution in [3.8, 4) is 11.3 Å². The van der Waals surface area contributed by atoms with Gasteiger partial charge in [-0.3, -0.25) is 0 Å². The number of aromatic amines is 1. The molecule has 0 saturated carbocycles. The van der Waals surface area contributed by atoms with Crippen LogP contribution in [-0.4, -0.2) is 27.5 Å². The number of esters is 1. The SMILES string of the molecule is CCOC(=O)c1[nH]c(C)c2c1CCc1cnc(Nc3ccccc3)nc1-2. The lowest BCUT2D eigenvalue weighted by Gasteiger charge is -2.18. The van der Waals surface area contributed by atoms with Crippen molar-refractivity contribution in [1.82, 2.24) is 15.0 Å². The number of nitrogens with zero attached hydrogens (tertiary/aromatic N) is 2. The number of aromatic nitrogens is 3. The molecule has 2 N–H and O–H groups in total. The van der Waals surface area contributed by atoms with Crippen LogP contribution in [0.3, 0.4) is 0 Å². The van der Waals surface area contributed by atoms with Gasteiger partial charge in [-0.25, -0.2) is 14.8 Å². The van der Waals surface area contributed by atoms with Crippen LogP contribution in [0.1, 0.15) is 34.2 Å². The summed E-state index contributed by atoms with van der Waals surface area (Å²) in [5, 5.41) is 3.23. The fourth-order valence-corrected chi connectivity index (χ4v) is 3.40. The summed E-state index contributed by atoms with van der Waals surface area (Å²) in [6, 6.07) is 9.82. The summed E-state index contributed by atoms with van der Waals surface area (Å²) in [5.74, 6) is 0.234. The zero-order chi connectivity index (χ0) is 18.1. The molecule has 0 atom stereocenters. The molecule has 3 aromatic rings. The quantitative estimate of drug-likeness (QED) is 0.701. The van der Waals surface area contributed by atoms with Gasteiger partial charge in [-0.2, -0.15) is 0 Å². The summed E-state index contributed by atoms with van der Waals surface area (Å²) >= 11 is 0. The largest absolute Gasteiger partial charge is 0.461 e. The second-order valence-electron chi connectivity index (χ2n) is 6.26. The number of benzene rings is 1. The average molecular weight is 348 g/mol. The van der Waals surface area contributed by atoms with E-state index < -0.39 is 0 Å². The molecule has 4 rings (SSSR count). The summed E-state index contributed by atoms with van der Waals surface area (Å²) < 4.78 is 5.18. The van der Waals surface area contributed by atoms with Gasteiger partial charge in [0.15, 0.2) is 0 Å². The second kappa shape index (κ2) is 6.63. The predicted molar refractivity (Wildman–Crippen MR) is 99.6 cm³/mol. The van der Waals surface area contributed by atoms with Crippen LogP contribution < -0.4 is 5.32 Å². The maximum absolute atomic E-state index is 12.3. The lowest BCUT2D eigenvalue weighted by Crippen LogP contribution is -2.12. The van der Waals surface area contributed by atoms with Crippen molar-refractivity contribution in [1.29, 1.82) is 0 Å². The Morgan fingerprint density at radius 1 is 1.27 bits per heavy atom. The number of carbonyl (C=O) groups is 1. The van der Waals surface area contributed by atoms with Gasteiger partial charge < -0.3 is 15.0 Å². The van der Waals surface area contributed by atoms with Crippen LogP contribution >= 0.6 is 0 Å². The number of fused-ring (bicyclic) bond motifs is 3. The number of carbonyl (C=O) groups excluding carboxylic acids is 1. The number of rotatable bonds is 4. The Labute approximate surface area is 151 Å². The Balaban J connectivity index is 1.74. The van der Waals surface area contributed by atoms with E-state index in [1.807, 2.05) is 50.4 Å². The molecule has 0 unspecified atom stereocenters. The Hall–Kier alpha value is -3.15. The van der Waals surface area contributed by atoms with Crippen LogP contribution in [0.2, 0.25) is 0 Å². The molecule has 132 valence electrons. The van der Waals surface area contributed by atoms with E-state index >= 15 is 0 Å². The molecular weight excluding hydrogens is 328 g/mol. The van der Waals surface area contributed by atoms with E-state index in [1.165, 1.54) is 0 Å². The number of ether oxygens (including phenoxy) is 1. The highest BCUT2D eigenvalue weighted by molar-refractivity contribution is 5.93. The molecule has 6 heteroatoms. The lowest BCUT2D eigenvalue weighted by molar-refractivity contribution is 0.0519. The van der Waals surface area contributed by atoms with Crippen molar-refractivity contribution in [2.45, 2.75) is 26.7 Å². The highest BCUT2D eigenvalue weighted by Gasteiger charge is 2.28. The van der Waals surface area contributed by atoms with Gasteiger partial charge in [-0.1, -0.05) is 18.2 Å². The van der Waals surface area contributed by atoms with Gasteiger partial charge in [0.1, 0.15) is 5.69 Å². The minimum Gasteiger partial charge on any atom is -0.461 e. The fourth-order valence-electron chi connectivity index (χ4n) is 3.40. The molecule has 0 radical (unpaired) electrons. The topological polar surface area (TPSA) is 79.9 Å². The van der Waals surface area contributed by atoms with Crippen molar-refractivity contribution in [2.24, 2.45) is 0 Å². The van der Waals surface area contributed by atoms with Crippen molar-refractivity contribution >= 4 is 17.6 Å². The van der Waals surface area contributed by atoms with E-state index in [9.17, 15) is 4.79 Å². The average Bonchev–Trinajstić information content (AvgIpc) is 3.00. The third kappa shape index (κ3) is 2.83. The third-order valence-electron chi connectivity index (χ3n) is 4.55. The van der Waals surface area contributed by atoms with Crippen LogP contribution in [0.15, 0.2) is 36.5 Å². The van der Waals surface area contributed by atoms with Gasteiger partial charge in [0, 0.05) is 23.1 Å². The molecule has 2 aromatic heterocycles. The molecule has 6 nitrogen and oxygen atoms in total. The Bertz CT molecular complexity index is 963. The Morgan fingerprint density at radius 3 is 2.85 bits per heavy atom. The highest BCUT2D eigenvalue weighted by Crippen LogP contribution is 2.37. The molecule has 0 saturated heterocycles. The third-order valence-corrected chi connectivity index (χ3v) is 4.55. The van der Waals surface area contributed by atoms with Gasteiger partial charge in [0.2, 0.25) is 5.95 Å². The van der Waals surface area contributed by atoms with E-state index in [-0.39, 0.29) is 5.97 Å². The molecule has 2 heterocycles. The van der Waals surface area contributed by atoms with E-state index in [4.69, 9.17) is 9.72 Å². The Morgan fingerprint density at radius 2 is 2.08 bits per heavy atom. The standard InChI is InChI=1S/C20H20N4O2/c1-3-26-19(25)18-15-10-9-13-11-21-20(23-14-7-5-4-6-8-14)24-17(13)16(15)12(2)22-18/h4-8,11,22H,3,9-10H2,1-2H3,(H,21,23,24). The summed E-state index contributed by atoms with van der Waals surface area (Å²) in [7, 11) is 0. The molecule has 0 bridgehead atoms. The van der Waals surface area contributed by atoms with Gasteiger partial charge in [-0.05, 0) is 49.9 Å². The number of nitrogens with one attached hydrogen (secondary N) is 2. The van der Waals surface area contributed by atoms with Crippen LogP contribution in [0.4, 0.5) is 11.6 Å². The number of H-pyrrole nitrogens is 1. The number of anilines is 2. The van der Waals surface area contributed by atoms with Crippen molar-refractivity contribution in [3.63, 3.8) is 0 Å². The second-order valence-corrected chi connectivity index (χ2v) is 6.26. The Kier molecular flexibility index (Phi) is 4.16. The number of hydrogen-bond acceptors (Lipinski definition) is 5. The molecule has 26 heavy (non-hydrogen) atoms. The summed E-state index contributed by atoms with van der Waals surface area (Å²) in [6.45, 7) is 4.13. The zero-order valence-corrected chi connectivity index (χ0v) is 14.8. The van der Waals surface area contributed by atoms with Crippen molar-refractivity contribution in [2.75, 3.05) is 11.9 Å². The smallest absolute Gasteiger partial charge is 0.355 e. The summed E-state index contributed by atoms with van der Waals surface area (Å²) in [5.41, 5.74) is 6.35. The fraction of sp³-hybridized carbons (Fsp3) is 0.250. The van der Waals surface area contributed by atoms with E-state index in [0.29, 0.717) is 18.2 Å². The molecule has 0 aliphatic heterocycles. The maximum atomic E-state index is 12.3. The first-order valence-corrected chi connectivity index (χ1v) is 8.74. The van der Waals surface area contributed by atoms with E-state index in [0.717, 1.165) is 46.6 Å². The van der Waals surface area contributed by atoms with Crippen molar-refractivity contribution in [3.05, 3.63) is 59.0 Å². The summed E-state index contributed by atoms with van der Waals surface area (Å²) in [6.07, 6.45) is 3.44. The number of para-hydroxylation sites is 1. The van der Waals surface area contributed by atoms with Gasteiger partial charge in [0.05, 0.1) is 12.3 Å². The van der Waals surface area contributed by atoms with Gasteiger partial charge in [0.25, 0.3) is 0 Å². The van der Waals surface area contributed by atoms with Crippen LogP contribution in [0, 0.1) is 6.92 Å². The molecule has 1 aliphatic carbocycles. The zero-order valence-electron chi connectivity index (χ0n) is 14.8. The lowest BCUT2D eigenvalue weighted by atomic mass is 9.90. The maximum Gasteiger partial charge on any atom is 0.355 e. The highest BCUT2D eigenvalue weighted by atomic mass is 16.5. The number of aryl methyl sites for hydroxylation is 2. The molecule has 0 spiro atoms. The molecule has 1 aromatic carbocycles. The molecule has 1 aliphatic rings. The van der Waals surface area contributed by atoms with Crippen LogP contribution in [0.5, 0.6) is 0 Å². The monoisotopic (exact) mass is 348 g/mol. The first-order valence-electron chi connectivity index (χ1n) is 8.74. The first kappa shape index (κ1) is 16.3. The molecular formula is C20H20N4O2. The minimum atomic E-state index is -0.308. The van der Waals surface area contributed by atoms with Crippen LogP contribution in [0.25, 0.3) is 11.3 Å². The normalized spacial score (nSPS) is 12.2.